The first-order valence-electron chi connectivity index (χ1n) is 7.76. The molecule has 0 radical (unpaired) electrons. The Labute approximate surface area is 145 Å². The van der Waals surface area contributed by atoms with E-state index in [1.807, 2.05) is 37.3 Å². The number of nitrogens with one attached hydrogen (secondary N) is 1. The summed E-state index contributed by atoms with van der Waals surface area (Å²) in [5.41, 5.74) is 3.46. The zero-order valence-corrected chi connectivity index (χ0v) is 14.0. The molecule has 24 heavy (non-hydrogen) atoms. The van der Waals surface area contributed by atoms with Gasteiger partial charge in [0.25, 0.3) is 0 Å². The van der Waals surface area contributed by atoms with Crippen LogP contribution in [0.25, 0.3) is 11.3 Å². The van der Waals surface area contributed by atoms with Crippen molar-refractivity contribution in [2.45, 2.75) is 19.9 Å². The fourth-order valence-corrected chi connectivity index (χ4v) is 2.59. The smallest absolute Gasteiger partial charge is 0.126 e. The van der Waals surface area contributed by atoms with E-state index >= 15 is 0 Å². The predicted molar refractivity (Wildman–Crippen MR) is 95.6 cm³/mol. The van der Waals surface area contributed by atoms with Gasteiger partial charge in [0.15, 0.2) is 0 Å². The van der Waals surface area contributed by atoms with E-state index in [1.54, 1.807) is 12.3 Å². The summed E-state index contributed by atoms with van der Waals surface area (Å²) in [5, 5.41) is 3.78. The van der Waals surface area contributed by atoms with E-state index in [2.05, 4.69) is 15.3 Å². The van der Waals surface area contributed by atoms with Crippen molar-refractivity contribution in [3.05, 3.63) is 76.8 Å². The molecule has 2 aromatic heterocycles. The normalized spacial score (nSPS) is 10.6. The highest BCUT2D eigenvalue weighted by atomic mass is 35.5. The lowest BCUT2D eigenvalue weighted by atomic mass is 10.1. The molecule has 3 aromatic rings. The minimum Gasteiger partial charge on any atom is -0.366 e. The molecule has 0 spiro atoms. The summed E-state index contributed by atoms with van der Waals surface area (Å²) in [6, 6.07) is 14.2. The van der Waals surface area contributed by atoms with Gasteiger partial charge in [-0.3, -0.25) is 4.98 Å². The summed E-state index contributed by atoms with van der Waals surface area (Å²) in [4.78, 5) is 8.88. The number of benzene rings is 1. The first kappa shape index (κ1) is 16.4. The average molecular weight is 342 g/mol. The molecular weight excluding hydrogens is 325 g/mol. The fraction of sp³-hybridized carbons (Fsp3) is 0.158. The van der Waals surface area contributed by atoms with Crippen LogP contribution in [0.2, 0.25) is 5.02 Å². The number of halogens is 2. The summed E-state index contributed by atoms with van der Waals surface area (Å²) < 4.78 is 13.2. The second kappa shape index (κ2) is 7.41. The van der Waals surface area contributed by atoms with Gasteiger partial charge < -0.3 is 5.32 Å². The van der Waals surface area contributed by atoms with Crippen molar-refractivity contribution in [1.82, 2.24) is 9.97 Å². The van der Waals surface area contributed by atoms with Gasteiger partial charge in [-0.1, -0.05) is 36.7 Å². The van der Waals surface area contributed by atoms with Crippen LogP contribution in [0.1, 0.15) is 18.2 Å². The molecule has 3 nitrogen and oxygen atoms in total. The maximum Gasteiger partial charge on any atom is 0.126 e. The highest BCUT2D eigenvalue weighted by molar-refractivity contribution is 6.33. The fourth-order valence-electron chi connectivity index (χ4n) is 2.39. The summed E-state index contributed by atoms with van der Waals surface area (Å²) in [5.74, 6) is 0.467. The van der Waals surface area contributed by atoms with E-state index < -0.39 is 0 Å². The molecule has 2 heterocycles. The van der Waals surface area contributed by atoms with E-state index in [0.717, 1.165) is 28.9 Å². The molecular formula is C19H17ClFN3. The molecule has 0 aliphatic rings. The molecule has 0 fully saturated rings. The van der Waals surface area contributed by atoms with Crippen molar-refractivity contribution < 1.29 is 4.39 Å². The Morgan fingerprint density at radius 2 is 1.96 bits per heavy atom. The van der Waals surface area contributed by atoms with Gasteiger partial charge in [0.05, 0.1) is 10.7 Å². The standard InChI is InChI=1S/C19H17ClFN3/c1-2-15-10-16(17(20)12-22-15)18-7-4-8-19(24-18)23-11-13-5-3-6-14(21)9-13/h3-10,12H,2,11H2,1H3,(H,23,24). The summed E-state index contributed by atoms with van der Waals surface area (Å²) in [6.07, 6.45) is 2.49. The predicted octanol–water partition coefficient (Wildman–Crippen LogP) is 5.11. The lowest BCUT2D eigenvalue weighted by Gasteiger charge is -2.09. The zero-order chi connectivity index (χ0) is 16.9. The van der Waals surface area contributed by atoms with Crippen LogP contribution in [-0.4, -0.2) is 9.97 Å². The highest BCUT2D eigenvalue weighted by Gasteiger charge is 2.08. The van der Waals surface area contributed by atoms with Crippen LogP contribution < -0.4 is 5.32 Å². The highest BCUT2D eigenvalue weighted by Crippen LogP contribution is 2.27. The second-order valence-electron chi connectivity index (χ2n) is 5.40. The number of aromatic nitrogens is 2. The van der Waals surface area contributed by atoms with E-state index in [-0.39, 0.29) is 5.82 Å². The lowest BCUT2D eigenvalue weighted by molar-refractivity contribution is 0.626. The van der Waals surface area contributed by atoms with Crippen LogP contribution in [0.4, 0.5) is 10.2 Å². The Bertz CT molecular complexity index is 852. The molecule has 0 bridgehead atoms. The largest absolute Gasteiger partial charge is 0.366 e. The molecule has 0 amide bonds. The number of aryl methyl sites for hydroxylation is 1. The van der Waals surface area contributed by atoms with Crippen LogP contribution in [-0.2, 0) is 13.0 Å². The van der Waals surface area contributed by atoms with E-state index in [9.17, 15) is 4.39 Å². The molecule has 0 unspecified atom stereocenters. The quantitative estimate of drug-likeness (QED) is 0.700. The second-order valence-corrected chi connectivity index (χ2v) is 5.81. The van der Waals surface area contributed by atoms with Gasteiger partial charge in [-0.2, -0.15) is 0 Å². The Morgan fingerprint density at radius 1 is 1.12 bits per heavy atom. The maximum atomic E-state index is 13.2. The Morgan fingerprint density at radius 3 is 2.75 bits per heavy atom. The molecule has 0 saturated heterocycles. The van der Waals surface area contributed by atoms with Crippen LogP contribution in [0.15, 0.2) is 54.7 Å². The van der Waals surface area contributed by atoms with E-state index in [4.69, 9.17) is 11.6 Å². The van der Waals surface area contributed by atoms with Gasteiger partial charge in [0.1, 0.15) is 11.6 Å². The van der Waals surface area contributed by atoms with Crippen LogP contribution in [0.5, 0.6) is 0 Å². The molecule has 122 valence electrons. The first-order chi connectivity index (χ1) is 11.7. The van der Waals surface area contributed by atoms with E-state index in [1.165, 1.54) is 12.1 Å². The third-order valence-corrected chi connectivity index (χ3v) is 3.96. The average Bonchev–Trinajstić information content (AvgIpc) is 2.61. The van der Waals surface area contributed by atoms with Gasteiger partial charge in [-0.15, -0.1) is 0 Å². The Hall–Kier alpha value is -2.46. The van der Waals surface area contributed by atoms with Crippen molar-refractivity contribution >= 4 is 17.4 Å². The molecule has 0 aliphatic carbocycles. The maximum absolute atomic E-state index is 13.2. The Balaban J connectivity index is 1.82. The Kier molecular flexibility index (Phi) is 5.06. The van der Waals surface area contributed by atoms with E-state index in [0.29, 0.717) is 17.4 Å². The molecule has 5 heteroatoms. The van der Waals surface area contributed by atoms with Gasteiger partial charge >= 0.3 is 0 Å². The summed E-state index contributed by atoms with van der Waals surface area (Å²) >= 11 is 6.27. The minimum atomic E-state index is -0.244. The number of anilines is 1. The van der Waals surface area contributed by atoms with Crippen molar-refractivity contribution in [3.63, 3.8) is 0 Å². The molecule has 1 N–H and O–H groups in total. The monoisotopic (exact) mass is 341 g/mol. The van der Waals surface area contributed by atoms with Gasteiger partial charge in [-0.25, -0.2) is 9.37 Å². The SMILES string of the molecule is CCc1cc(-c2cccc(NCc3cccc(F)c3)n2)c(Cl)cn1. The van der Waals surface area contributed by atoms with Crippen LogP contribution in [0.3, 0.4) is 0 Å². The van der Waals surface area contributed by atoms with Crippen LogP contribution >= 0.6 is 11.6 Å². The molecule has 0 atom stereocenters. The van der Waals surface area contributed by atoms with Crippen molar-refractivity contribution in [1.29, 1.82) is 0 Å². The zero-order valence-electron chi connectivity index (χ0n) is 13.3. The third-order valence-electron chi connectivity index (χ3n) is 3.66. The van der Waals surface area contributed by atoms with Crippen molar-refractivity contribution in [3.8, 4) is 11.3 Å². The summed E-state index contributed by atoms with van der Waals surface area (Å²) in [6.45, 7) is 2.54. The van der Waals surface area contributed by atoms with Crippen molar-refractivity contribution in [2.24, 2.45) is 0 Å². The lowest BCUT2D eigenvalue weighted by Crippen LogP contribution is -2.02. The summed E-state index contributed by atoms with van der Waals surface area (Å²) in [7, 11) is 0. The van der Waals surface area contributed by atoms with Crippen LogP contribution in [0, 0.1) is 5.82 Å². The molecule has 1 aromatic carbocycles. The van der Waals surface area contributed by atoms with Gasteiger partial charge in [-0.05, 0) is 42.3 Å². The molecule has 0 aliphatic heterocycles. The van der Waals surface area contributed by atoms with Crippen molar-refractivity contribution in [2.75, 3.05) is 5.32 Å². The third kappa shape index (κ3) is 3.89. The van der Waals surface area contributed by atoms with Gasteiger partial charge in [0.2, 0.25) is 0 Å². The number of nitrogens with zero attached hydrogens (tertiary/aromatic N) is 2. The number of rotatable bonds is 5. The molecule has 0 saturated carbocycles. The van der Waals surface area contributed by atoms with Gasteiger partial charge in [0, 0.05) is 24.0 Å². The topological polar surface area (TPSA) is 37.8 Å². The minimum absolute atomic E-state index is 0.244. The first-order valence-corrected chi connectivity index (χ1v) is 8.13. The molecule has 3 rings (SSSR count). The number of pyridine rings is 2. The number of hydrogen-bond donors (Lipinski definition) is 1. The number of hydrogen-bond acceptors (Lipinski definition) is 3.